The van der Waals surface area contributed by atoms with Gasteiger partial charge in [-0.3, -0.25) is 4.68 Å². The van der Waals surface area contributed by atoms with Gasteiger partial charge in [0.05, 0.1) is 17.9 Å². The summed E-state index contributed by atoms with van der Waals surface area (Å²) < 4.78 is 35.3. The third kappa shape index (κ3) is 3.41. The standard InChI is InChI=1S/C17H24N4O3S/c1-12(2)21-14(4)17(13(3)19-21)25(22,23)20-10-8-15(11-20)24-16-7-5-6-9-18-16/h5-7,9,12,15H,8,10-11H2,1-4H3. The van der Waals surface area contributed by atoms with Gasteiger partial charge in [-0.05, 0) is 40.2 Å². The lowest BCUT2D eigenvalue weighted by Crippen LogP contribution is -2.31. The zero-order chi connectivity index (χ0) is 18.2. The quantitative estimate of drug-likeness (QED) is 0.814. The average molecular weight is 364 g/mol. The van der Waals surface area contributed by atoms with E-state index in [2.05, 4.69) is 10.1 Å². The Labute approximate surface area is 148 Å². The van der Waals surface area contributed by atoms with E-state index in [0.29, 0.717) is 41.7 Å². The zero-order valence-electron chi connectivity index (χ0n) is 15.0. The second-order valence-corrected chi connectivity index (χ2v) is 8.47. The van der Waals surface area contributed by atoms with Gasteiger partial charge in [0.1, 0.15) is 11.0 Å². The largest absolute Gasteiger partial charge is 0.473 e. The van der Waals surface area contributed by atoms with Gasteiger partial charge >= 0.3 is 0 Å². The number of hydrogen-bond acceptors (Lipinski definition) is 5. The van der Waals surface area contributed by atoms with Crippen LogP contribution in [0.2, 0.25) is 0 Å². The predicted molar refractivity (Wildman–Crippen MR) is 94.1 cm³/mol. The van der Waals surface area contributed by atoms with Crippen molar-refractivity contribution in [3.05, 3.63) is 35.8 Å². The van der Waals surface area contributed by atoms with Crippen molar-refractivity contribution in [2.24, 2.45) is 0 Å². The molecule has 0 aliphatic carbocycles. The van der Waals surface area contributed by atoms with Crippen LogP contribution in [0, 0.1) is 13.8 Å². The third-order valence-electron chi connectivity index (χ3n) is 4.38. The Bertz CT molecular complexity index is 846. The molecule has 7 nitrogen and oxygen atoms in total. The van der Waals surface area contributed by atoms with Crippen LogP contribution >= 0.6 is 0 Å². The van der Waals surface area contributed by atoms with Crippen molar-refractivity contribution in [2.45, 2.75) is 51.2 Å². The van der Waals surface area contributed by atoms with Crippen molar-refractivity contribution in [1.82, 2.24) is 19.1 Å². The molecule has 1 unspecified atom stereocenters. The highest BCUT2D eigenvalue weighted by molar-refractivity contribution is 7.89. The summed E-state index contributed by atoms with van der Waals surface area (Å²) in [5.41, 5.74) is 1.22. The van der Waals surface area contributed by atoms with Crippen LogP contribution in [0.25, 0.3) is 0 Å². The minimum absolute atomic E-state index is 0.112. The first kappa shape index (κ1) is 17.9. The molecule has 2 aromatic heterocycles. The van der Waals surface area contributed by atoms with Gasteiger partial charge in [-0.25, -0.2) is 13.4 Å². The van der Waals surface area contributed by atoms with Crippen LogP contribution in [-0.2, 0) is 10.0 Å². The van der Waals surface area contributed by atoms with Gasteiger partial charge in [0.25, 0.3) is 0 Å². The molecule has 0 N–H and O–H groups in total. The molecule has 136 valence electrons. The number of ether oxygens (including phenoxy) is 1. The fourth-order valence-electron chi connectivity index (χ4n) is 3.25. The number of rotatable bonds is 5. The van der Waals surface area contributed by atoms with E-state index < -0.39 is 10.0 Å². The fraction of sp³-hybridized carbons (Fsp3) is 0.529. The molecule has 8 heteroatoms. The number of aromatic nitrogens is 3. The van der Waals surface area contributed by atoms with E-state index in [0.717, 1.165) is 0 Å². The number of nitrogens with zero attached hydrogens (tertiary/aromatic N) is 4. The van der Waals surface area contributed by atoms with Crippen molar-refractivity contribution in [3.8, 4) is 5.88 Å². The molecule has 0 spiro atoms. The summed E-state index contributed by atoms with van der Waals surface area (Å²) in [6.45, 7) is 8.29. The molecule has 0 aromatic carbocycles. The third-order valence-corrected chi connectivity index (χ3v) is 6.50. The van der Waals surface area contributed by atoms with Crippen LogP contribution < -0.4 is 4.74 Å². The normalized spacial score (nSPS) is 18.8. The second-order valence-electron chi connectivity index (χ2n) is 6.60. The molecule has 3 heterocycles. The van der Waals surface area contributed by atoms with Gasteiger partial charge in [-0.1, -0.05) is 6.07 Å². The van der Waals surface area contributed by atoms with Gasteiger partial charge in [0, 0.05) is 24.8 Å². The highest BCUT2D eigenvalue weighted by Gasteiger charge is 2.37. The van der Waals surface area contributed by atoms with Gasteiger partial charge < -0.3 is 4.74 Å². The van der Waals surface area contributed by atoms with E-state index in [1.807, 2.05) is 32.9 Å². The van der Waals surface area contributed by atoms with Crippen LogP contribution in [0.1, 0.15) is 37.7 Å². The Morgan fingerprint density at radius 3 is 2.64 bits per heavy atom. The maximum atomic E-state index is 13.1. The van der Waals surface area contributed by atoms with Crippen LogP contribution in [0.3, 0.4) is 0 Å². The Hall–Kier alpha value is -1.93. The summed E-state index contributed by atoms with van der Waals surface area (Å²) in [4.78, 5) is 4.45. The van der Waals surface area contributed by atoms with E-state index in [4.69, 9.17) is 4.74 Å². The smallest absolute Gasteiger partial charge is 0.246 e. The molecule has 1 aliphatic rings. The van der Waals surface area contributed by atoms with Gasteiger partial charge in [-0.2, -0.15) is 9.40 Å². The first-order valence-corrected chi connectivity index (χ1v) is 9.88. The molecule has 1 fully saturated rings. The maximum absolute atomic E-state index is 13.1. The lowest BCUT2D eigenvalue weighted by molar-refractivity contribution is 0.207. The maximum Gasteiger partial charge on any atom is 0.246 e. The fourth-order valence-corrected chi connectivity index (χ4v) is 5.10. The van der Waals surface area contributed by atoms with Gasteiger partial charge in [0.15, 0.2) is 0 Å². The second kappa shape index (κ2) is 6.76. The highest BCUT2D eigenvalue weighted by atomic mass is 32.2. The Morgan fingerprint density at radius 2 is 2.04 bits per heavy atom. The van der Waals surface area contributed by atoms with Crippen molar-refractivity contribution < 1.29 is 13.2 Å². The molecule has 1 aliphatic heterocycles. The summed E-state index contributed by atoms with van der Waals surface area (Å²) in [5.74, 6) is 0.520. The van der Waals surface area contributed by atoms with Crippen molar-refractivity contribution in [1.29, 1.82) is 0 Å². The first-order valence-electron chi connectivity index (χ1n) is 8.44. The molecule has 0 bridgehead atoms. The number of aryl methyl sites for hydroxylation is 1. The minimum atomic E-state index is -3.59. The van der Waals surface area contributed by atoms with Crippen LogP contribution in [0.15, 0.2) is 29.3 Å². The molecular weight excluding hydrogens is 340 g/mol. The molecule has 1 atom stereocenters. The van der Waals surface area contributed by atoms with E-state index >= 15 is 0 Å². The summed E-state index contributed by atoms with van der Waals surface area (Å²) in [5, 5.41) is 4.40. The Balaban J connectivity index is 1.80. The molecule has 1 saturated heterocycles. The number of pyridine rings is 1. The monoisotopic (exact) mass is 364 g/mol. The van der Waals surface area contributed by atoms with E-state index in [9.17, 15) is 8.42 Å². The van der Waals surface area contributed by atoms with Crippen LogP contribution in [-0.4, -0.2) is 46.7 Å². The minimum Gasteiger partial charge on any atom is -0.473 e. The number of hydrogen-bond donors (Lipinski definition) is 0. The summed E-state index contributed by atoms with van der Waals surface area (Å²) in [6, 6.07) is 5.55. The summed E-state index contributed by atoms with van der Waals surface area (Å²) in [7, 11) is -3.59. The van der Waals surface area contributed by atoms with Gasteiger partial charge in [0.2, 0.25) is 15.9 Å². The zero-order valence-corrected chi connectivity index (χ0v) is 15.8. The topological polar surface area (TPSA) is 77.3 Å². The molecule has 0 radical (unpaired) electrons. The molecule has 2 aromatic rings. The molecular formula is C17H24N4O3S. The van der Waals surface area contributed by atoms with Crippen molar-refractivity contribution in [3.63, 3.8) is 0 Å². The molecule has 0 saturated carbocycles. The summed E-state index contributed by atoms with van der Waals surface area (Å²) in [6.07, 6.45) is 2.11. The van der Waals surface area contributed by atoms with Crippen LogP contribution in [0.5, 0.6) is 5.88 Å². The SMILES string of the molecule is Cc1nn(C(C)C)c(C)c1S(=O)(=O)N1CCC(Oc2ccccn2)C1. The predicted octanol–water partition coefficient (Wildman–Crippen LogP) is 2.32. The Kier molecular flexibility index (Phi) is 4.83. The van der Waals surface area contributed by atoms with E-state index in [-0.39, 0.29) is 12.1 Å². The molecule has 0 amide bonds. The number of sulfonamides is 1. The lowest BCUT2D eigenvalue weighted by Gasteiger charge is -2.17. The lowest BCUT2D eigenvalue weighted by atomic mass is 10.3. The molecule has 25 heavy (non-hydrogen) atoms. The Morgan fingerprint density at radius 1 is 1.28 bits per heavy atom. The first-order chi connectivity index (χ1) is 11.8. The average Bonchev–Trinajstić information content (AvgIpc) is 3.13. The highest BCUT2D eigenvalue weighted by Crippen LogP contribution is 2.28. The van der Waals surface area contributed by atoms with Crippen molar-refractivity contribution in [2.75, 3.05) is 13.1 Å². The van der Waals surface area contributed by atoms with Crippen molar-refractivity contribution >= 4 is 10.0 Å². The van der Waals surface area contributed by atoms with Crippen LogP contribution in [0.4, 0.5) is 0 Å². The van der Waals surface area contributed by atoms with E-state index in [1.165, 1.54) is 4.31 Å². The van der Waals surface area contributed by atoms with E-state index in [1.54, 1.807) is 23.9 Å². The summed E-state index contributed by atoms with van der Waals surface area (Å²) >= 11 is 0. The molecule has 3 rings (SSSR count). The van der Waals surface area contributed by atoms with Gasteiger partial charge in [-0.15, -0.1) is 0 Å².